The lowest BCUT2D eigenvalue weighted by Gasteiger charge is -2.28. The summed E-state index contributed by atoms with van der Waals surface area (Å²) in [7, 11) is 4.12. The van der Waals surface area contributed by atoms with Crippen LogP contribution in [0, 0.1) is 0 Å². The first kappa shape index (κ1) is 20.4. The third-order valence-electron chi connectivity index (χ3n) is 3.66. The molecule has 4 heteroatoms. The molecule has 0 aromatic carbocycles. The lowest BCUT2D eigenvalue weighted by Crippen LogP contribution is -2.45. The molecule has 0 aliphatic carbocycles. The van der Waals surface area contributed by atoms with Crippen molar-refractivity contribution in [1.82, 2.24) is 0 Å². The van der Waals surface area contributed by atoms with Gasteiger partial charge in [-0.15, -0.1) is 0 Å². The molecule has 0 saturated carbocycles. The van der Waals surface area contributed by atoms with E-state index in [-0.39, 0.29) is 12.6 Å². The largest absolute Gasteiger partial charge is 0.459 e. The average molecular weight is 302 g/mol. The minimum Gasteiger partial charge on any atom is -0.459 e. The Morgan fingerprint density at radius 1 is 1.05 bits per heavy atom. The van der Waals surface area contributed by atoms with Crippen molar-refractivity contribution >= 4 is 5.97 Å². The molecule has 4 nitrogen and oxygen atoms in total. The Kier molecular flexibility index (Phi) is 11.6. The maximum Gasteiger partial charge on any atom is 0.361 e. The zero-order valence-electron chi connectivity index (χ0n) is 14.6. The van der Waals surface area contributed by atoms with E-state index in [0.29, 0.717) is 11.0 Å². The van der Waals surface area contributed by atoms with Crippen molar-refractivity contribution in [3.63, 3.8) is 0 Å². The summed E-state index contributed by atoms with van der Waals surface area (Å²) in [5.41, 5.74) is 0. The number of aliphatic hydroxyl groups excluding tert-OH is 1. The fourth-order valence-corrected chi connectivity index (χ4v) is 2.36. The number of likely N-dealkylation sites (N-methyl/N-ethyl adjacent to an activating group) is 1. The molecule has 0 saturated heterocycles. The number of hydrogen-bond donors (Lipinski definition) is 1. The van der Waals surface area contributed by atoms with Crippen LogP contribution < -0.4 is 0 Å². The molecule has 1 atom stereocenters. The van der Waals surface area contributed by atoms with Gasteiger partial charge in [-0.25, -0.2) is 4.79 Å². The van der Waals surface area contributed by atoms with Crippen LogP contribution in [-0.4, -0.2) is 55.5 Å². The molecule has 126 valence electrons. The van der Waals surface area contributed by atoms with E-state index in [1.54, 1.807) is 6.92 Å². The van der Waals surface area contributed by atoms with Crippen LogP contribution in [0.15, 0.2) is 0 Å². The van der Waals surface area contributed by atoms with Gasteiger partial charge in [-0.1, -0.05) is 45.4 Å². The summed E-state index contributed by atoms with van der Waals surface area (Å²) in [4.78, 5) is 11.6. The van der Waals surface area contributed by atoms with Gasteiger partial charge in [0.25, 0.3) is 0 Å². The van der Waals surface area contributed by atoms with Crippen LogP contribution in [0.25, 0.3) is 0 Å². The molecule has 0 amide bonds. The summed E-state index contributed by atoms with van der Waals surface area (Å²) < 4.78 is 5.68. The molecule has 0 radical (unpaired) electrons. The Bertz CT molecular complexity index is 265. The molecule has 0 rings (SSSR count). The minimum absolute atomic E-state index is 0.0938. The summed E-state index contributed by atoms with van der Waals surface area (Å²) in [6, 6.07) is 0. The van der Waals surface area contributed by atoms with E-state index in [4.69, 9.17) is 9.84 Å². The second-order valence-corrected chi connectivity index (χ2v) is 6.82. The number of unbranched alkanes of at least 4 members (excludes halogenated alkanes) is 7. The van der Waals surface area contributed by atoms with Crippen molar-refractivity contribution < 1.29 is 19.1 Å². The number of quaternary nitrogens is 1. The summed E-state index contributed by atoms with van der Waals surface area (Å²) >= 11 is 0. The highest BCUT2D eigenvalue weighted by molar-refractivity contribution is 5.70. The summed E-state index contributed by atoms with van der Waals surface area (Å²) in [5, 5.41) is 9.10. The Hall–Kier alpha value is -0.610. The van der Waals surface area contributed by atoms with E-state index >= 15 is 0 Å². The van der Waals surface area contributed by atoms with E-state index in [1.807, 2.05) is 0 Å². The van der Waals surface area contributed by atoms with Crippen LogP contribution in [0.5, 0.6) is 0 Å². The molecule has 1 N–H and O–H groups in total. The topological polar surface area (TPSA) is 46.5 Å². The second-order valence-electron chi connectivity index (χ2n) is 6.82. The first-order valence-corrected chi connectivity index (χ1v) is 8.53. The number of ether oxygens (including phenoxy) is 1. The van der Waals surface area contributed by atoms with Gasteiger partial charge in [-0.05, 0) is 19.8 Å². The molecule has 21 heavy (non-hydrogen) atoms. The third-order valence-corrected chi connectivity index (χ3v) is 3.66. The number of carbonyl (C=O) groups excluding carboxylic acids is 1. The minimum atomic E-state index is -0.586. The van der Waals surface area contributed by atoms with Crippen molar-refractivity contribution in [2.45, 2.75) is 71.3 Å². The molecule has 0 spiro atoms. The van der Waals surface area contributed by atoms with Crippen LogP contribution in [0.2, 0.25) is 0 Å². The Balaban J connectivity index is 3.60. The quantitative estimate of drug-likeness (QED) is 0.323. The molecule has 1 unspecified atom stereocenters. The summed E-state index contributed by atoms with van der Waals surface area (Å²) in [6.07, 6.45) is 9.85. The normalized spacial score (nSPS) is 13.2. The first-order chi connectivity index (χ1) is 9.87. The summed E-state index contributed by atoms with van der Waals surface area (Å²) in [5.74, 6) is -0.222. The lowest BCUT2D eigenvalue weighted by molar-refractivity contribution is -0.883. The van der Waals surface area contributed by atoms with Gasteiger partial charge in [0.2, 0.25) is 0 Å². The smallest absolute Gasteiger partial charge is 0.361 e. The van der Waals surface area contributed by atoms with E-state index in [0.717, 1.165) is 13.0 Å². The summed E-state index contributed by atoms with van der Waals surface area (Å²) in [6.45, 7) is 5.33. The van der Waals surface area contributed by atoms with Gasteiger partial charge in [-0.2, -0.15) is 0 Å². The number of esters is 1. The number of nitrogens with zero attached hydrogens (tertiary/aromatic N) is 1. The van der Waals surface area contributed by atoms with Gasteiger partial charge in [-0.3, -0.25) is 0 Å². The van der Waals surface area contributed by atoms with Gasteiger partial charge in [0.1, 0.15) is 6.61 Å². The number of rotatable bonds is 13. The van der Waals surface area contributed by atoms with Crippen molar-refractivity contribution in [2.75, 3.05) is 33.8 Å². The highest BCUT2D eigenvalue weighted by Crippen LogP contribution is 2.10. The zero-order chi connectivity index (χ0) is 16.1. The highest BCUT2D eigenvalue weighted by atomic mass is 16.5. The number of hydrogen-bond acceptors (Lipinski definition) is 3. The van der Waals surface area contributed by atoms with Gasteiger partial charge in [0.05, 0.1) is 26.7 Å². The fraction of sp³-hybridized carbons (Fsp3) is 0.941. The van der Waals surface area contributed by atoms with Crippen molar-refractivity contribution in [3.8, 4) is 0 Å². The van der Waals surface area contributed by atoms with Crippen molar-refractivity contribution in [1.29, 1.82) is 0 Å². The van der Waals surface area contributed by atoms with E-state index < -0.39 is 6.10 Å². The van der Waals surface area contributed by atoms with E-state index in [1.165, 1.54) is 44.9 Å². The Morgan fingerprint density at radius 3 is 2.10 bits per heavy atom. The predicted octanol–water partition coefficient (Wildman–Crippen LogP) is 3.13. The number of carbonyl (C=O) groups is 1. The molecule has 0 aromatic rings. The SMILES string of the molecule is CCCCCCCCCC[N+](C)(C)CC(=O)OCC(C)O. The molecular formula is C17H36NO3+. The van der Waals surface area contributed by atoms with Crippen LogP contribution in [0.3, 0.4) is 0 Å². The van der Waals surface area contributed by atoms with Gasteiger partial charge in [0, 0.05) is 0 Å². The van der Waals surface area contributed by atoms with Crippen LogP contribution in [0.4, 0.5) is 0 Å². The Labute approximate surface area is 131 Å². The van der Waals surface area contributed by atoms with Crippen LogP contribution in [0.1, 0.15) is 65.2 Å². The standard InChI is InChI=1S/C17H36NO3/c1-5-6-7-8-9-10-11-12-13-18(3,4)14-17(20)21-15-16(2)19/h16,19H,5-15H2,1-4H3/q+1. The molecular weight excluding hydrogens is 266 g/mol. The molecule has 0 fully saturated rings. The highest BCUT2D eigenvalue weighted by Gasteiger charge is 2.20. The van der Waals surface area contributed by atoms with E-state index in [2.05, 4.69) is 21.0 Å². The van der Waals surface area contributed by atoms with Gasteiger partial charge in [0.15, 0.2) is 6.54 Å². The predicted molar refractivity (Wildman–Crippen MR) is 87.1 cm³/mol. The van der Waals surface area contributed by atoms with E-state index in [9.17, 15) is 4.79 Å². The van der Waals surface area contributed by atoms with Crippen molar-refractivity contribution in [3.05, 3.63) is 0 Å². The molecule has 0 bridgehead atoms. The van der Waals surface area contributed by atoms with Crippen LogP contribution >= 0.6 is 0 Å². The molecule has 0 heterocycles. The maximum absolute atomic E-state index is 11.6. The fourth-order valence-electron chi connectivity index (χ4n) is 2.36. The number of aliphatic hydroxyl groups is 1. The molecule has 0 aliphatic heterocycles. The van der Waals surface area contributed by atoms with Gasteiger partial charge < -0.3 is 14.3 Å². The molecule has 0 aliphatic rings. The lowest BCUT2D eigenvalue weighted by atomic mass is 10.1. The molecule has 0 aromatic heterocycles. The maximum atomic E-state index is 11.6. The Morgan fingerprint density at radius 2 is 1.57 bits per heavy atom. The average Bonchev–Trinajstić information content (AvgIpc) is 2.39. The zero-order valence-corrected chi connectivity index (χ0v) is 14.6. The third kappa shape index (κ3) is 14.1. The monoisotopic (exact) mass is 302 g/mol. The second kappa shape index (κ2) is 12.0. The van der Waals surface area contributed by atoms with Crippen molar-refractivity contribution in [2.24, 2.45) is 0 Å². The van der Waals surface area contributed by atoms with Crippen LogP contribution in [-0.2, 0) is 9.53 Å². The first-order valence-electron chi connectivity index (χ1n) is 8.53. The van der Waals surface area contributed by atoms with Gasteiger partial charge >= 0.3 is 5.97 Å².